The molecule has 88 valence electrons. The van der Waals surface area contributed by atoms with Crippen LogP contribution < -0.4 is 10.0 Å². The van der Waals surface area contributed by atoms with Gasteiger partial charge in [-0.05, 0) is 26.1 Å². The Balaban J connectivity index is 3.06. The maximum Gasteiger partial charge on any atom is 0.242 e. The summed E-state index contributed by atoms with van der Waals surface area (Å²) in [5.41, 5.74) is 1.52. The second-order valence-corrected chi connectivity index (χ2v) is 5.37. The summed E-state index contributed by atoms with van der Waals surface area (Å²) in [6, 6.07) is 6.77. The van der Waals surface area contributed by atoms with Crippen molar-refractivity contribution in [1.29, 1.82) is 0 Å². The Hall–Kier alpha value is -1.33. The van der Waals surface area contributed by atoms with Crippen LogP contribution in [0, 0.1) is 0 Å². The summed E-state index contributed by atoms with van der Waals surface area (Å²) in [6.07, 6.45) is 0. The molecule has 0 aliphatic rings. The number of para-hydroxylation sites is 1. The third kappa shape index (κ3) is 3.08. The summed E-state index contributed by atoms with van der Waals surface area (Å²) < 4.78 is 25.7. The zero-order valence-electron chi connectivity index (χ0n) is 9.45. The maximum absolute atomic E-state index is 11.7. The van der Waals surface area contributed by atoms with Crippen molar-refractivity contribution >= 4 is 15.7 Å². The van der Waals surface area contributed by atoms with Gasteiger partial charge >= 0.3 is 0 Å². The van der Waals surface area contributed by atoms with Crippen LogP contribution in [0.1, 0.15) is 6.92 Å². The monoisotopic (exact) mass is 240 g/mol. The molecule has 0 aromatic heterocycles. The first-order chi connectivity index (χ1) is 7.47. The highest BCUT2D eigenvalue weighted by atomic mass is 32.2. The van der Waals surface area contributed by atoms with E-state index in [1.807, 2.05) is 6.92 Å². The molecule has 16 heavy (non-hydrogen) atoms. The lowest BCUT2D eigenvalue weighted by atomic mass is 10.3. The molecule has 0 radical (unpaired) electrons. The number of rotatable bonds is 5. The van der Waals surface area contributed by atoms with Crippen LogP contribution in [0.3, 0.4) is 0 Å². The Morgan fingerprint density at radius 3 is 2.56 bits per heavy atom. The van der Waals surface area contributed by atoms with Crippen molar-refractivity contribution in [2.75, 3.05) is 18.9 Å². The van der Waals surface area contributed by atoms with E-state index < -0.39 is 10.0 Å². The summed E-state index contributed by atoms with van der Waals surface area (Å²) in [4.78, 5) is 0.249. The van der Waals surface area contributed by atoms with Crippen molar-refractivity contribution in [1.82, 2.24) is 4.72 Å². The molecular formula is C11H16N2O2S. The number of hydrogen-bond donors (Lipinski definition) is 2. The minimum absolute atomic E-state index is 0.249. The van der Waals surface area contributed by atoms with E-state index >= 15 is 0 Å². The first-order valence-electron chi connectivity index (χ1n) is 4.88. The minimum Gasteiger partial charge on any atom is -0.380 e. The van der Waals surface area contributed by atoms with Gasteiger partial charge in [0.05, 0.1) is 5.69 Å². The summed E-state index contributed by atoms with van der Waals surface area (Å²) in [5.74, 6) is 0. The van der Waals surface area contributed by atoms with E-state index in [-0.39, 0.29) is 4.90 Å². The van der Waals surface area contributed by atoms with Crippen LogP contribution >= 0.6 is 0 Å². The van der Waals surface area contributed by atoms with Crippen LogP contribution in [-0.2, 0) is 10.0 Å². The molecule has 0 aliphatic heterocycles. The molecule has 0 amide bonds. The van der Waals surface area contributed by atoms with Crippen LogP contribution in [0.2, 0.25) is 0 Å². The van der Waals surface area contributed by atoms with E-state index in [9.17, 15) is 8.42 Å². The molecule has 2 N–H and O–H groups in total. The number of benzene rings is 1. The lowest BCUT2D eigenvalue weighted by molar-refractivity contribution is 0.588. The lowest BCUT2D eigenvalue weighted by Gasteiger charge is -2.11. The van der Waals surface area contributed by atoms with Crippen molar-refractivity contribution in [3.8, 4) is 0 Å². The molecular weight excluding hydrogens is 224 g/mol. The number of nitrogens with one attached hydrogen (secondary N) is 2. The molecule has 0 saturated heterocycles. The van der Waals surface area contributed by atoms with Gasteiger partial charge in [-0.3, -0.25) is 0 Å². The highest BCUT2D eigenvalue weighted by molar-refractivity contribution is 7.89. The Morgan fingerprint density at radius 2 is 2.00 bits per heavy atom. The van der Waals surface area contributed by atoms with Crippen LogP contribution in [0.15, 0.2) is 41.3 Å². The third-order valence-corrected chi connectivity index (χ3v) is 3.50. The predicted octanol–water partition coefficient (Wildman–Crippen LogP) is 1.58. The Kier molecular flexibility index (Phi) is 4.09. The zero-order chi connectivity index (χ0) is 12.2. The molecule has 0 heterocycles. The lowest BCUT2D eigenvalue weighted by Crippen LogP contribution is -2.20. The molecule has 1 aromatic rings. The van der Waals surface area contributed by atoms with E-state index in [0.29, 0.717) is 12.2 Å². The van der Waals surface area contributed by atoms with E-state index in [0.717, 1.165) is 5.57 Å². The van der Waals surface area contributed by atoms with Crippen LogP contribution in [0.4, 0.5) is 5.69 Å². The quantitative estimate of drug-likeness (QED) is 0.768. The minimum atomic E-state index is -3.42. The average molecular weight is 240 g/mol. The Morgan fingerprint density at radius 1 is 1.38 bits per heavy atom. The van der Waals surface area contributed by atoms with Crippen LogP contribution in [-0.4, -0.2) is 22.0 Å². The fourth-order valence-corrected chi connectivity index (χ4v) is 2.11. The SMILES string of the molecule is C=C(C)CNc1ccccc1S(=O)(=O)NC. The molecule has 4 nitrogen and oxygen atoms in total. The fraction of sp³-hybridized carbons (Fsp3) is 0.273. The van der Waals surface area contributed by atoms with Gasteiger partial charge in [0, 0.05) is 6.54 Å². The molecule has 0 bridgehead atoms. The van der Waals surface area contributed by atoms with Gasteiger partial charge in [-0.1, -0.05) is 24.3 Å². The van der Waals surface area contributed by atoms with Crippen molar-refractivity contribution in [2.45, 2.75) is 11.8 Å². The summed E-state index contributed by atoms with van der Waals surface area (Å²) in [5, 5.41) is 3.03. The van der Waals surface area contributed by atoms with Gasteiger partial charge in [-0.2, -0.15) is 0 Å². The normalized spacial score (nSPS) is 11.1. The van der Waals surface area contributed by atoms with Gasteiger partial charge in [-0.25, -0.2) is 13.1 Å². The average Bonchev–Trinajstić information content (AvgIpc) is 2.26. The smallest absolute Gasteiger partial charge is 0.242 e. The highest BCUT2D eigenvalue weighted by Crippen LogP contribution is 2.20. The molecule has 1 rings (SSSR count). The molecule has 5 heteroatoms. The van der Waals surface area contributed by atoms with E-state index in [2.05, 4.69) is 16.6 Å². The van der Waals surface area contributed by atoms with Gasteiger partial charge < -0.3 is 5.32 Å². The number of hydrogen-bond acceptors (Lipinski definition) is 3. The molecule has 0 aliphatic carbocycles. The number of anilines is 1. The molecule has 0 unspecified atom stereocenters. The first kappa shape index (κ1) is 12.7. The van der Waals surface area contributed by atoms with Gasteiger partial charge in [-0.15, -0.1) is 0 Å². The maximum atomic E-state index is 11.7. The predicted molar refractivity (Wildman–Crippen MR) is 66.0 cm³/mol. The van der Waals surface area contributed by atoms with Crippen molar-refractivity contribution in [2.24, 2.45) is 0 Å². The third-order valence-electron chi connectivity index (χ3n) is 2.03. The molecule has 0 spiro atoms. The van der Waals surface area contributed by atoms with E-state index in [1.165, 1.54) is 7.05 Å². The van der Waals surface area contributed by atoms with Gasteiger partial charge in [0.2, 0.25) is 10.0 Å². The molecule has 1 aromatic carbocycles. The summed E-state index contributed by atoms with van der Waals surface area (Å²) in [7, 11) is -2.03. The van der Waals surface area contributed by atoms with Crippen LogP contribution in [0.25, 0.3) is 0 Å². The van der Waals surface area contributed by atoms with Gasteiger partial charge in [0.1, 0.15) is 4.90 Å². The standard InChI is InChI=1S/C11H16N2O2S/c1-9(2)8-13-10-6-4-5-7-11(10)16(14,15)12-3/h4-7,12-13H,1,8H2,2-3H3. The second kappa shape index (κ2) is 5.14. The molecule has 0 fully saturated rings. The van der Waals surface area contributed by atoms with Gasteiger partial charge in [0.25, 0.3) is 0 Å². The van der Waals surface area contributed by atoms with E-state index in [4.69, 9.17) is 0 Å². The Bertz CT molecular complexity index is 481. The molecule has 0 atom stereocenters. The van der Waals surface area contributed by atoms with Crippen LogP contribution in [0.5, 0.6) is 0 Å². The zero-order valence-corrected chi connectivity index (χ0v) is 10.3. The highest BCUT2D eigenvalue weighted by Gasteiger charge is 2.15. The fourth-order valence-electron chi connectivity index (χ4n) is 1.20. The first-order valence-corrected chi connectivity index (χ1v) is 6.36. The largest absolute Gasteiger partial charge is 0.380 e. The van der Waals surface area contributed by atoms with Gasteiger partial charge in [0.15, 0.2) is 0 Å². The number of sulfonamides is 1. The van der Waals surface area contributed by atoms with Crippen molar-refractivity contribution in [3.63, 3.8) is 0 Å². The summed E-state index contributed by atoms with van der Waals surface area (Å²) in [6.45, 7) is 6.18. The topological polar surface area (TPSA) is 58.2 Å². The molecule has 0 saturated carbocycles. The Labute approximate surface area is 96.4 Å². The van der Waals surface area contributed by atoms with Crippen molar-refractivity contribution < 1.29 is 8.42 Å². The van der Waals surface area contributed by atoms with Crippen molar-refractivity contribution in [3.05, 3.63) is 36.4 Å². The summed E-state index contributed by atoms with van der Waals surface area (Å²) >= 11 is 0. The second-order valence-electron chi connectivity index (χ2n) is 3.51. The van der Waals surface area contributed by atoms with E-state index in [1.54, 1.807) is 24.3 Å².